The fourth-order valence-corrected chi connectivity index (χ4v) is 1.76. The number of para-hydroxylation sites is 1. The molecule has 0 aliphatic carbocycles. The molecular weight excluding hydrogens is 214 g/mol. The SMILES string of the molecule is Cc1ccc(CNCc2cccc(C)c2O)o1. The van der Waals surface area contributed by atoms with E-state index in [0.717, 1.165) is 22.6 Å². The molecule has 2 N–H and O–H groups in total. The molecule has 3 nitrogen and oxygen atoms in total. The first-order valence-electron chi connectivity index (χ1n) is 5.70. The number of benzene rings is 1. The molecule has 0 bridgehead atoms. The molecular formula is C14H17NO2. The van der Waals surface area contributed by atoms with Gasteiger partial charge in [0.25, 0.3) is 0 Å². The van der Waals surface area contributed by atoms with Crippen molar-refractivity contribution in [3.8, 4) is 5.75 Å². The molecule has 0 saturated heterocycles. The quantitative estimate of drug-likeness (QED) is 0.850. The highest BCUT2D eigenvalue weighted by Gasteiger charge is 2.03. The van der Waals surface area contributed by atoms with Crippen LogP contribution in [0.4, 0.5) is 0 Å². The van der Waals surface area contributed by atoms with Crippen LogP contribution in [0.5, 0.6) is 5.75 Å². The largest absolute Gasteiger partial charge is 0.507 e. The molecule has 2 aromatic rings. The maximum Gasteiger partial charge on any atom is 0.122 e. The summed E-state index contributed by atoms with van der Waals surface area (Å²) in [4.78, 5) is 0. The van der Waals surface area contributed by atoms with E-state index in [1.54, 1.807) is 0 Å². The first-order chi connectivity index (χ1) is 8.16. The van der Waals surface area contributed by atoms with Gasteiger partial charge in [-0.2, -0.15) is 0 Å². The average Bonchev–Trinajstić information content (AvgIpc) is 2.70. The Bertz CT molecular complexity index is 503. The highest BCUT2D eigenvalue weighted by Crippen LogP contribution is 2.21. The molecule has 3 heteroatoms. The van der Waals surface area contributed by atoms with Gasteiger partial charge in [0, 0.05) is 12.1 Å². The van der Waals surface area contributed by atoms with Crippen LogP contribution in [0.1, 0.15) is 22.6 Å². The molecule has 1 heterocycles. The summed E-state index contributed by atoms with van der Waals surface area (Å²) in [5, 5.41) is 13.1. The number of phenols is 1. The van der Waals surface area contributed by atoms with Gasteiger partial charge < -0.3 is 14.8 Å². The van der Waals surface area contributed by atoms with Gasteiger partial charge in [-0.25, -0.2) is 0 Å². The lowest BCUT2D eigenvalue weighted by atomic mass is 10.1. The predicted octanol–water partition coefficient (Wildman–Crippen LogP) is 2.89. The van der Waals surface area contributed by atoms with Crippen LogP contribution in [0.2, 0.25) is 0 Å². The number of phenolic OH excluding ortho intramolecular Hbond substituents is 1. The molecule has 1 aromatic heterocycles. The van der Waals surface area contributed by atoms with Crippen LogP contribution in [-0.2, 0) is 13.1 Å². The predicted molar refractivity (Wildman–Crippen MR) is 66.8 cm³/mol. The summed E-state index contributed by atoms with van der Waals surface area (Å²) < 4.78 is 5.45. The van der Waals surface area contributed by atoms with E-state index in [-0.39, 0.29) is 0 Å². The fourth-order valence-electron chi connectivity index (χ4n) is 1.76. The van der Waals surface area contributed by atoms with Gasteiger partial charge in [0.2, 0.25) is 0 Å². The van der Waals surface area contributed by atoms with Crippen LogP contribution in [0.3, 0.4) is 0 Å². The molecule has 0 spiro atoms. The van der Waals surface area contributed by atoms with E-state index in [4.69, 9.17) is 4.42 Å². The van der Waals surface area contributed by atoms with Crippen LogP contribution < -0.4 is 5.32 Å². The minimum Gasteiger partial charge on any atom is -0.507 e. The highest BCUT2D eigenvalue weighted by molar-refractivity contribution is 5.39. The Balaban J connectivity index is 1.92. The summed E-state index contributed by atoms with van der Waals surface area (Å²) in [6.07, 6.45) is 0. The molecule has 2 rings (SSSR count). The monoisotopic (exact) mass is 231 g/mol. The van der Waals surface area contributed by atoms with Gasteiger partial charge in [-0.05, 0) is 31.5 Å². The number of rotatable bonds is 4. The molecule has 17 heavy (non-hydrogen) atoms. The Hall–Kier alpha value is -1.74. The molecule has 0 aliphatic heterocycles. The first kappa shape index (κ1) is 11.7. The Morgan fingerprint density at radius 2 is 1.94 bits per heavy atom. The van der Waals surface area contributed by atoms with Crippen molar-refractivity contribution in [2.75, 3.05) is 0 Å². The van der Waals surface area contributed by atoms with Crippen molar-refractivity contribution in [3.63, 3.8) is 0 Å². The molecule has 0 saturated carbocycles. The van der Waals surface area contributed by atoms with Gasteiger partial charge in [-0.15, -0.1) is 0 Å². The first-order valence-corrected chi connectivity index (χ1v) is 5.70. The van der Waals surface area contributed by atoms with Gasteiger partial charge in [-0.1, -0.05) is 18.2 Å². The Morgan fingerprint density at radius 1 is 1.12 bits per heavy atom. The molecule has 0 radical (unpaired) electrons. The second kappa shape index (κ2) is 5.06. The lowest BCUT2D eigenvalue weighted by Gasteiger charge is -2.07. The summed E-state index contributed by atoms with van der Waals surface area (Å²) in [5.74, 6) is 2.20. The van der Waals surface area contributed by atoms with Crippen LogP contribution >= 0.6 is 0 Å². The number of aromatic hydroxyl groups is 1. The van der Waals surface area contributed by atoms with Gasteiger partial charge in [-0.3, -0.25) is 0 Å². The second-order valence-corrected chi connectivity index (χ2v) is 4.20. The molecule has 0 aliphatic rings. The number of hydrogen-bond acceptors (Lipinski definition) is 3. The summed E-state index contributed by atoms with van der Waals surface area (Å²) in [6, 6.07) is 9.67. The maximum absolute atomic E-state index is 9.84. The number of nitrogens with one attached hydrogen (secondary N) is 1. The van der Waals surface area contributed by atoms with Crippen molar-refractivity contribution in [1.82, 2.24) is 5.32 Å². The van der Waals surface area contributed by atoms with Crippen molar-refractivity contribution < 1.29 is 9.52 Å². The van der Waals surface area contributed by atoms with Crippen molar-refractivity contribution >= 4 is 0 Å². The smallest absolute Gasteiger partial charge is 0.122 e. The third kappa shape index (κ3) is 2.88. The van der Waals surface area contributed by atoms with Gasteiger partial charge in [0.05, 0.1) is 6.54 Å². The van der Waals surface area contributed by atoms with E-state index >= 15 is 0 Å². The van der Waals surface area contributed by atoms with Crippen LogP contribution in [0, 0.1) is 13.8 Å². The zero-order chi connectivity index (χ0) is 12.3. The molecule has 0 unspecified atom stereocenters. The maximum atomic E-state index is 9.84. The standard InChI is InChI=1S/C14H17NO2/c1-10-4-3-5-12(14(10)16)8-15-9-13-7-6-11(2)17-13/h3-7,15-16H,8-9H2,1-2H3. The average molecular weight is 231 g/mol. The minimum absolute atomic E-state index is 0.371. The van der Waals surface area contributed by atoms with E-state index in [1.165, 1.54) is 0 Å². The van der Waals surface area contributed by atoms with E-state index in [1.807, 2.05) is 44.2 Å². The number of hydrogen-bond donors (Lipinski definition) is 2. The highest BCUT2D eigenvalue weighted by atomic mass is 16.3. The van der Waals surface area contributed by atoms with Crippen molar-refractivity contribution in [1.29, 1.82) is 0 Å². The summed E-state index contributed by atoms with van der Waals surface area (Å²) in [5.41, 5.74) is 1.81. The molecule has 0 atom stereocenters. The fraction of sp³-hybridized carbons (Fsp3) is 0.286. The van der Waals surface area contributed by atoms with Crippen LogP contribution in [0.15, 0.2) is 34.7 Å². The zero-order valence-corrected chi connectivity index (χ0v) is 10.2. The minimum atomic E-state index is 0.371. The zero-order valence-electron chi connectivity index (χ0n) is 10.2. The lowest BCUT2D eigenvalue weighted by molar-refractivity contribution is 0.447. The Morgan fingerprint density at radius 3 is 2.65 bits per heavy atom. The molecule has 0 amide bonds. The van der Waals surface area contributed by atoms with Gasteiger partial charge in [0.15, 0.2) is 0 Å². The van der Waals surface area contributed by atoms with Crippen molar-refractivity contribution in [3.05, 3.63) is 53.0 Å². The molecule has 0 fully saturated rings. The normalized spacial score (nSPS) is 10.7. The summed E-state index contributed by atoms with van der Waals surface area (Å²) >= 11 is 0. The van der Waals surface area contributed by atoms with E-state index in [2.05, 4.69) is 5.32 Å². The molecule has 90 valence electrons. The summed E-state index contributed by atoms with van der Waals surface area (Å²) in [7, 11) is 0. The van der Waals surface area contributed by atoms with E-state index in [9.17, 15) is 5.11 Å². The third-order valence-corrected chi connectivity index (χ3v) is 2.73. The van der Waals surface area contributed by atoms with Crippen LogP contribution in [0.25, 0.3) is 0 Å². The van der Waals surface area contributed by atoms with Gasteiger partial charge in [0.1, 0.15) is 17.3 Å². The summed E-state index contributed by atoms with van der Waals surface area (Å²) in [6.45, 7) is 5.12. The van der Waals surface area contributed by atoms with Crippen molar-refractivity contribution in [2.45, 2.75) is 26.9 Å². The van der Waals surface area contributed by atoms with Crippen molar-refractivity contribution in [2.24, 2.45) is 0 Å². The van der Waals surface area contributed by atoms with E-state index in [0.29, 0.717) is 18.8 Å². The number of aryl methyl sites for hydroxylation is 2. The topological polar surface area (TPSA) is 45.4 Å². The second-order valence-electron chi connectivity index (χ2n) is 4.20. The van der Waals surface area contributed by atoms with Crippen LogP contribution in [-0.4, -0.2) is 5.11 Å². The van der Waals surface area contributed by atoms with E-state index < -0.39 is 0 Å². The van der Waals surface area contributed by atoms with Gasteiger partial charge >= 0.3 is 0 Å². The Kier molecular flexibility index (Phi) is 3.49. The third-order valence-electron chi connectivity index (χ3n) is 2.73. The Labute approximate surface area is 101 Å². The molecule has 1 aromatic carbocycles. The number of furan rings is 1. The lowest BCUT2D eigenvalue weighted by Crippen LogP contribution is -2.12.